The van der Waals surface area contributed by atoms with Crippen molar-refractivity contribution in [3.05, 3.63) is 65.2 Å². The van der Waals surface area contributed by atoms with Crippen molar-refractivity contribution >= 4 is 5.97 Å². The Morgan fingerprint density at radius 2 is 1.53 bits per heavy atom. The minimum Gasteiger partial charge on any atom is -0.426 e. The van der Waals surface area contributed by atoms with E-state index in [1.165, 1.54) is 11.1 Å². The lowest BCUT2D eigenvalue weighted by molar-refractivity contribution is -0.949. The van der Waals surface area contributed by atoms with E-state index in [0.717, 1.165) is 23.0 Å². The molecule has 0 radical (unpaired) electrons. The maximum Gasteiger partial charge on any atom is 0.313 e. The van der Waals surface area contributed by atoms with Crippen LogP contribution in [0.15, 0.2) is 48.5 Å². The first-order chi connectivity index (χ1) is 14.1. The fourth-order valence-corrected chi connectivity index (χ4v) is 3.97. The molecule has 0 saturated carbocycles. The quantitative estimate of drug-likeness (QED) is 0.274. The Labute approximate surface area is 183 Å². The molecule has 0 aliphatic heterocycles. The van der Waals surface area contributed by atoms with E-state index in [0.29, 0.717) is 17.8 Å². The number of esters is 1. The second kappa shape index (κ2) is 10.3. The average molecular weight is 411 g/mol. The number of quaternary nitrogens is 1. The fraction of sp³-hybridized carbons (Fsp3) is 0.519. The standard InChI is InChI=1S/C27H40NO2/c1-19(2)27(29)30-26-15-14-22(7)18-25(26)24(23-12-10-9-11-13-23)16-17-28(8,20(3)4)21(5)6/h9-15,18-21,24H,16-17H2,1-8H3/q+1/t24-/m1/s1. The Bertz CT molecular complexity index is 816. The largest absolute Gasteiger partial charge is 0.426 e. The number of nitrogens with zero attached hydrogens (tertiary/aromatic N) is 1. The number of ether oxygens (including phenoxy) is 1. The zero-order valence-electron chi connectivity index (χ0n) is 20.1. The van der Waals surface area contributed by atoms with Crippen LogP contribution in [0.4, 0.5) is 0 Å². The molecule has 0 saturated heterocycles. The van der Waals surface area contributed by atoms with Crippen molar-refractivity contribution in [2.75, 3.05) is 13.6 Å². The first-order valence-electron chi connectivity index (χ1n) is 11.3. The van der Waals surface area contributed by atoms with Crippen LogP contribution in [-0.4, -0.2) is 36.1 Å². The molecule has 2 rings (SSSR count). The summed E-state index contributed by atoms with van der Waals surface area (Å²) in [6.45, 7) is 16.1. The van der Waals surface area contributed by atoms with Crippen LogP contribution in [0.3, 0.4) is 0 Å². The van der Waals surface area contributed by atoms with Gasteiger partial charge in [-0.15, -0.1) is 0 Å². The summed E-state index contributed by atoms with van der Waals surface area (Å²) in [5, 5.41) is 0. The van der Waals surface area contributed by atoms with E-state index >= 15 is 0 Å². The van der Waals surface area contributed by atoms with Crippen molar-refractivity contribution in [2.24, 2.45) is 5.92 Å². The number of rotatable bonds is 9. The molecular formula is C27H40NO2+. The molecule has 2 aromatic rings. The van der Waals surface area contributed by atoms with Crippen molar-refractivity contribution in [3.63, 3.8) is 0 Å². The highest BCUT2D eigenvalue weighted by molar-refractivity contribution is 5.75. The lowest BCUT2D eigenvalue weighted by Crippen LogP contribution is -2.55. The molecule has 164 valence electrons. The van der Waals surface area contributed by atoms with Crippen molar-refractivity contribution in [1.82, 2.24) is 0 Å². The molecule has 0 aromatic heterocycles. The Morgan fingerprint density at radius 3 is 2.07 bits per heavy atom. The number of aryl methyl sites for hydroxylation is 1. The highest BCUT2D eigenvalue weighted by Crippen LogP contribution is 2.37. The number of carbonyl (C=O) groups is 1. The summed E-state index contributed by atoms with van der Waals surface area (Å²) in [4.78, 5) is 12.4. The van der Waals surface area contributed by atoms with Crippen LogP contribution in [0.5, 0.6) is 5.75 Å². The third-order valence-electron chi connectivity index (χ3n) is 6.68. The first kappa shape index (κ1) is 24.1. The van der Waals surface area contributed by atoms with Crippen LogP contribution >= 0.6 is 0 Å². The second-order valence-electron chi connectivity index (χ2n) is 9.63. The summed E-state index contributed by atoms with van der Waals surface area (Å²) < 4.78 is 6.86. The molecule has 0 spiro atoms. The van der Waals surface area contributed by atoms with Gasteiger partial charge >= 0.3 is 5.97 Å². The van der Waals surface area contributed by atoms with Crippen molar-refractivity contribution in [3.8, 4) is 5.75 Å². The molecule has 0 N–H and O–H groups in total. The third-order valence-corrected chi connectivity index (χ3v) is 6.68. The lowest BCUT2D eigenvalue weighted by Gasteiger charge is -2.43. The van der Waals surface area contributed by atoms with Gasteiger partial charge in [-0.3, -0.25) is 4.79 Å². The number of hydrogen-bond acceptors (Lipinski definition) is 2. The molecule has 2 aromatic carbocycles. The van der Waals surface area contributed by atoms with Crippen molar-refractivity contribution < 1.29 is 14.0 Å². The van der Waals surface area contributed by atoms with E-state index in [1.54, 1.807) is 0 Å². The molecular weight excluding hydrogens is 370 g/mol. The predicted octanol–water partition coefficient (Wildman–Crippen LogP) is 6.34. The Kier molecular flexibility index (Phi) is 8.25. The van der Waals surface area contributed by atoms with Crippen molar-refractivity contribution in [1.29, 1.82) is 0 Å². The van der Waals surface area contributed by atoms with Gasteiger partial charge in [0.2, 0.25) is 0 Å². The first-order valence-corrected chi connectivity index (χ1v) is 11.3. The summed E-state index contributed by atoms with van der Waals surface area (Å²) in [6.07, 6.45) is 0.993. The van der Waals surface area contributed by atoms with Crippen LogP contribution in [-0.2, 0) is 4.79 Å². The van der Waals surface area contributed by atoms with E-state index in [4.69, 9.17) is 4.74 Å². The van der Waals surface area contributed by atoms with E-state index in [2.05, 4.69) is 78.1 Å². The monoisotopic (exact) mass is 410 g/mol. The van der Waals surface area contributed by atoms with Gasteiger partial charge in [-0.25, -0.2) is 0 Å². The van der Waals surface area contributed by atoms with Gasteiger partial charge in [-0.2, -0.15) is 0 Å². The van der Waals surface area contributed by atoms with E-state index in [1.807, 2.05) is 26.0 Å². The van der Waals surface area contributed by atoms with E-state index < -0.39 is 0 Å². The molecule has 0 aliphatic rings. The zero-order chi connectivity index (χ0) is 22.5. The summed E-state index contributed by atoms with van der Waals surface area (Å²) >= 11 is 0. The zero-order valence-corrected chi connectivity index (χ0v) is 20.1. The molecule has 1 atom stereocenters. The van der Waals surface area contributed by atoms with E-state index in [-0.39, 0.29) is 17.8 Å². The lowest BCUT2D eigenvalue weighted by atomic mass is 9.86. The molecule has 30 heavy (non-hydrogen) atoms. The molecule has 0 aliphatic carbocycles. The SMILES string of the molecule is Cc1ccc(OC(=O)C(C)C)c([C@H](CC[N+](C)(C(C)C)C(C)C)c2ccccc2)c1. The maximum atomic E-state index is 12.4. The fourth-order valence-electron chi connectivity index (χ4n) is 3.97. The molecule has 0 unspecified atom stereocenters. The van der Waals surface area contributed by atoms with Gasteiger partial charge in [0.25, 0.3) is 0 Å². The van der Waals surface area contributed by atoms with Gasteiger partial charge in [0.05, 0.1) is 31.6 Å². The van der Waals surface area contributed by atoms with Crippen LogP contribution < -0.4 is 4.74 Å². The molecule has 0 amide bonds. The maximum absolute atomic E-state index is 12.4. The Morgan fingerprint density at radius 1 is 0.933 bits per heavy atom. The molecule has 3 nitrogen and oxygen atoms in total. The van der Waals surface area contributed by atoms with Crippen LogP contribution in [0, 0.1) is 12.8 Å². The van der Waals surface area contributed by atoms with Gasteiger partial charge in [-0.1, -0.05) is 61.9 Å². The van der Waals surface area contributed by atoms with Crippen LogP contribution in [0.2, 0.25) is 0 Å². The summed E-state index contributed by atoms with van der Waals surface area (Å²) in [5.41, 5.74) is 3.55. The van der Waals surface area contributed by atoms with Gasteiger partial charge in [0, 0.05) is 17.9 Å². The summed E-state index contributed by atoms with van der Waals surface area (Å²) in [6, 6.07) is 17.9. The number of hydrogen-bond donors (Lipinski definition) is 0. The highest BCUT2D eigenvalue weighted by atomic mass is 16.5. The number of benzene rings is 2. The minimum atomic E-state index is -0.183. The van der Waals surface area contributed by atoms with E-state index in [9.17, 15) is 4.79 Å². The molecule has 0 heterocycles. The molecule has 3 heteroatoms. The summed E-state index contributed by atoms with van der Waals surface area (Å²) in [7, 11) is 2.35. The molecule has 0 bridgehead atoms. The normalized spacial score (nSPS) is 13.2. The minimum absolute atomic E-state index is 0.156. The predicted molar refractivity (Wildman–Crippen MR) is 126 cm³/mol. The van der Waals surface area contributed by atoms with Crippen molar-refractivity contribution in [2.45, 2.75) is 72.9 Å². The number of carbonyl (C=O) groups excluding carboxylic acids is 1. The summed E-state index contributed by atoms with van der Waals surface area (Å²) in [5.74, 6) is 0.528. The molecule has 0 fully saturated rings. The van der Waals surface area contributed by atoms with Gasteiger partial charge in [0.1, 0.15) is 5.75 Å². The van der Waals surface area contributed by atoms with Crippen LogP contribution in [0.1, 0.15) is 70.6 Å². The Hall–Kier alpha value is -2.13. The Balaban J connectivity index is 2.49. The third kappa shape index (κ3) is 5.72. The average Bonchev–Trinajstić information content (AvgIpc) is 2.70. The van der Waals surface area contributed by atoms with Gasteiger partial charge in [0.15, 0.2) is 0 Å². The van der Waals surface area contributed by atoms with Gasteiger partial charge in [-0.05, 0) is 46.2 Å². The van der Waals surface area contributed by atoms with Gasteiger partial charge < -0.3 is 9.22 Å². The van der Waals surface area contributed by atoms with Crippen LogP contribution in [0.25, 0.3) is 0 Å². The topological polar surface area (TPSA) is 26.3 Å². The second-order valence-corrected chi connectivity index (χ2v) is 9.63. The highest BCUT2D eigenvalue weighted by Gasteiger charge is 2.32. The smallest absolute Gasteiger partial charge is 0.313 e.